The zero-order chi connectivity index (χ0) is 19.6. The number of benzene rings is 1. The highest BCUT2D eigenvalue weighted by molar-refractivity contribution is 7.99. The van der Waals surface area contributed by atoms with Crippen LogP contribution < -0.4 is 5.32 Å². The molecule has 27 heavy (non-hydrogen) atoms. The average Bonchev–Trinajstić information content (AvgIpc) is 3.13. The largest absolute Gasteiger partial charge is 0.375 e. The standard InChI is InChI=1S/C20H30N4OS2/c1-6-21-20(22-11-12-26-18-9-7-15(2)8-10-18)24(4)13-17-14-27-19(23-17)16(3)25-5/h7-10,14,16H,6,11-13H2,1-5H3,(H,21,22). The molecule has 1 unspecified atom stereocenters. The Hall–Kier alpha value is -1.57. The molecule has 2 aromatic rings. The lowest BCUT2D eigenvalue weighted by molar-refractivity contribution is 0.119. The molecule has 1 heterocycles. The van der Waals surface area contributed by atoms with Crippen molar-refractivity contribution < 1.29 is 4.74 Å². The number of nitrogens with one attached hydrogen (secondary N) is 1. The molecule has 5 nitrogen and oxygen atoms in total. The van der Waals surface area contributed by atoms with Crippen LogP contribution in [0.2, 0.25) is 0 Å². The normalized spacial score (nSPS) is 12.9. The van der Waals surface area contributed by atoms with E-state index in [1.165, 1.54) is 10.5 Å². The zero-order valence-corrected chi connectivity index (χ0v) is 18.5. The highest BCUT2D eigenvalue weighted by atomic mass is 32.2. The van der Waals surface area contributed by atoms with Crippen molar-refractivity contribution in [3.05, 3.63) is 45.9 Å². The van der Waals surface area contributed by atoms with Gasteiger partial charge in [-0.3, -0.25) is 4.99 Å². The van der Waals surface area contributed by atoms with E-state index in [2.05, 4.69) is 58.7 Å². The maximum atomic E-state index is 5.34. The number of nitrogens with zero attached hydrogens (tertiary/aromatic N) is 3. The number of hydrogen-bond donors (Lipinski definition) is 1. The van der Waals surface area contributed by atoms with E-state index < -0.39 is 0 Å². The van der Waals surface area contributed by atoms with Crippen LogP contribution >= 0.6 is 23.1 Å². The first-order valence-corrected chi connectivity index (χ1v) is 11.1. The second-order valence-electron chi connectivity index (χ2n) is 6.31. The average molecular weight is 407 g/mol. The Labute approximate surface area is 171 Å². The number of aliphatic imine (C=N–C) groups is 1. The topological polar surface area (TPSA) is 49.8 Å². The Morgan fingerprint density at radius 1 is 1.37 bits per heavy atom. The van der Waals surface area contributed by atoms with Gasteiger partial charge in [0.15, 0.2) is 5.96 Å². The van der Waals surface area contributed by atoms with Gasteiger partial charge in [-0.05, 0) is 32.9 Å². The van der Waals surface area contributed by atoms with Crippen LogP contribution in [0.1, 0.15) is 36.2 Å². The van der Waals surface area contributed by atoms with Crippen LogP contribution in [0.4, 0.5) is 0 Å². The van der Waals surface area contributed by atoms with Crippen molar-refractivity contribution in [3.63, 3.8) is 0 Å². The lowest BCUT2D eigenvalue weighted by Crippen LogP contribution is -2.38. The number of rotatable bonds is 9. The number of thiazole rings is 1. The van der Waals surface area contributed by atoms with E-state index in [1.807, 2.05) is 25.7 Å². The Morgan fingerprint density at radius 3 is 2.78 bits per heavy atom. The predicted octanol–water partition coefficient (Wildman–Crippen LogP) is 4.35. The van der Waals surface area contributed by atoms with E-state index in [0.717, 1.165) is 42.0 Å². The molecule has 2 rings (SSSR count). The van der Waals surface area contributed by atoms with Gasteiger partial charge in [0, 0.05) is 36.7 Å². The SMILES string of the molecule is CCNC(=NCCSc1ccc(C)cc1)N(C)Cc1csc(C(C)OC)n1. The monoisotopic (exact) mass is 406 g/mol. The summed E-state index contributed by atoms with van der Waals surface area (Å²) < 4.78 is 5.34. The van der Waals surface area contributed by atoms with Gasteiger partial charge in [-0.25, -0.2) is 4.98 Å². The van der Waals surface area contributed by atoms with Crippen molar-refractivity contribution in [2.75, 3.05) is 33.0 Å². The summed E-state index contributed by atoms with van der Waals surface area (Å²) in [6, 6.07) is 8.63. The zero-order valence-electron chi connectivity index (χ0n) is 16.9. The molecule has 0 saturated heterocycles. The fraction of sp³-hybridized carbons (Fsp3) is 0.500. The quantitative estimate of drug-likeness (QED) is 0.290. The summed E-state index contributed by atoms with van der Waals surface area (Å²) in [6.45, 7) is 8.56. The lowest BCUT2D eigenvalue weighted by atomic mass is 10.2. The number of thioether (sulfide) groups is 1. The second-order valence-corrected chi connectivity index (χ2v) is 8.37. The Morgan fingerprint density at radius 2 is 2.11 bits per heavy atom. The summed E-state index contributed by atoms with van der Waals surface area (Å²) >= 11 is 3.48. The molecular weight excluding hydrogens is 376 g/mol. The molecule has 0 aliphatic rings. The molecule has 148 valence electrons. The Bertz CT molecular complexity index is 715. The fourth-order valence-electron chi connectivity index (χ4n) is 2.42. The van der Waals surface area contributed by atoms with Crippen LogP contribution in [0.3, 0.4) is 0 Å². The minimum absolute atomic E-state index is 0.0368. The molecule has 1 N–H and O–H groups in total. The first kappa shape index (κ1) is 21.7. The van der Waals surface area contributed by atoms with Gasteiger partial charge in [0.1, 0.15) is 11.1 Å². The molecule has 0 aliphatic heterocycles. The third-order valence-electron chi connectivity index (χ3n) is 4.01. The summed E-state index contributed by atoms with van der Waals surface area (Å²) in [7, 11) is 3.76. The van der Waals surface area contributed by atoms with E-state index in [1.54, 1.807) is 18.4 Å². The van der Waals surface area contributed by atoms with E-state index in [-0.39, 0.29) is 6.10 Å². The van der Waals surface area contributed by atoms with E-state index in [4.69, 9.17) is 9.73 Å². The molecule has 0 spiro atoms. The van der Waals surface area contributed by atoms with Crippen LogP contribution in [0.15, 0.2) is 39.5 Å². The summed E-state index contributed by atoms with van der Waals surface area (Å²) in [6.07, 6.45) is 0.0368. The molecule has 1 aromatic heterocycles. The van der Waals surface area contributed by atoms with E-state index in [9.17, 15) is 0 Å². The highest BCUT2D eigenvalue weighted by Gasteiger charge is 2.12. The van der Waals surface area contributed by atoms with Crippen LogP contribution in [-0.4, -0.2) is 48.8 Å². The molecule has 0 saturated carbocycles. The highest BCUT2D eigenvalue weighted by Crippen LogP contribution is 2.21. The lowest BCUT2D eigenvalue weighted by Gasteiger charge is -2.21. The summed E-state index contributed by atoms with van der Waals surface area (Å²) in [5.41, 5.74) is 2.33. The third kappa shape index (κ3) is 7.16. The third-order valence-corrected chi connectivity index (χ3v) is 6.06. The van der Waals surface area contributed by atoms with Gasteiger partial charge in [0.25, 0.3) is 0 Å². The van der Waals surface area contributed by atoms with Crippen molar-refractivity contribution in [3.8, 4) is 0 Å². The maximum Gasteiger partial charge on any atom is 0.194 e. The van der Waals surface area contributed by atoms with Crippen LogP contribution in [0.25, 0.3) is 0 Å². The predicted molar refractivity (Wildman–Crippen MR) is 117 cm³/mol. The Balaban J connectivity index is 1.89. The van der Waals surface area contributed by atoms with Gasteiger partial charge in [0.2, 0.25) is 0 Å². The first-order valence-electron chi connectivity index (χ1n) is 9.19. The molecule has 0 aliphatic carbocycles. The summed E-state index contributed by atoms with van der Waals surface area (Å²) in [4.78, 5) is 12.8. The van der Waals surface area contributed by atoms with E-state index in [0.29, 0.717) is 0 Å². The van der Waals surface area contributed by atoms with Crippen molar-refractivity contribution >= 4 is 29.1 Å². The number of methoxy groups -OCH3 is 1. The van der Waals surface area contributed by atoms with Crippen LogP contribution in [0, 0.1) is 6.92 Å². The molecule has 0 bridgehead atoms. The number of hydrogen-bond acceptors (Lipinski definition) is 5. The molecular formula is C20H30N4OS2. The minimum Gasteiger partial charge on any atom is -0.375 e. The molecule has 0 radical (unpaired) electrons. The minimum atomic E-state index is 0.0368. The number of aryl methyl sites for hydroxylation is 1. The first-order chi connectivity index (χ1) is 13.0. The van der Waals surface area contributed by atoms with Gasteiger partial charge >= 0.3 is 0 Å². The summed E-state index contributed by atoms with van der Waals surface area (Å²) in [5, 5.41) is 6.47. The van der Waals surface area contributed by atoms with Gasteiger partial charge in [0.05, 0.1) is 18.8 Å². The van der Waals surface area contributed by atoms with Crippen LogP contribution in [0.5, 0.6) is 0 Å². The molecule has 1 atom stereocenters. The summed E-state index contributed by atoms with van der Waals surface area (Å²) in [5.74, 6) is 1.87. The number of guanidine groups is 1. The molecule has 1 aromatic carbocycles. The molecule has 0 fully saturated rings. The fourth-order valence-corrected chi connectivity index (χ4v) is 4.01. The maximum absolute atomic E-state index is 5.34. The van der Waals surface area contributed by atoms with E-state index >= 15 is 0 Å². The van der Waals surface area contributed by atoms with Crippen molar-refractivity contribution in [1.29, 1.82) is 0 Å². The van der Waals surface area contributed by atoms with Crippen molar-refractivity contribution in [1.82, 2.24) is 15.2 Å². The smallest absolute Gasteiger partial charge is 0.194 e. The van der Waals surface area contributed by atoms with Crippen LogP contribution in [-0.2, 0) is 11.3 Å². The second kappa shape index (κ2) is 11.3. The van der Waals surface area contributed by atoms with Gasteiger partial charge in [-0.2, -0.15) is 0 Å². The molecule has 0 amide bonds. The van der Waals surface area contributed by atoms with Gasteiger partial charge in [-0.15, -0.1) is 23.1 Å². The Kier molecular flexibility index (Phi) is 9.10. The number of ether oxygens (including phenoxy) is 1. The van der Waals surface area contributed by atoms with Crippen molar-refractivity contribution in [2.24, 2.45) is 4.99 Å². The number of aromatic nitrogens is 1. The van der Waals surface area contributed by atoms with Crippen molar-refractivity contribution in [2.45, 2.75) is 38.3 Å². The molecule has 7 heteroatoms. The van der Waals surface area contributed by atoms with Gasteiger partial charge < -0.3 is 15.0 Å². The van der Waals surface area contributed by atoms with Gasteiger partial charge in [-0.1, -0.05) is 17.7 Å².